The molecule has 1 aliphatic carbocycles. The van der Waals surface area contributed by atoms with Crippen LogP contribution >= 0.6 is 0 Å². The van der Waals surface area contributed by atoms with E-state index in [-0.39, 0.29) is 29.7 Å². The standard InChI is InChI=1S/C24H26FN5O3/c1-13-5-20-21(29-23(13)31)6-15(9-26-20)11-30-12-22(14(30)2)33-18-3-4-19(27-10-18)24(32)28-17-7-16(25)8-17/h3-6,9-10,14,16-17,22H,7-8,11-12H2,1-2H3,(H,28,32)(H,29,31)/t14-,16?,17?,22+/m1/s1. The van der Waals surface area contributed by atoms with Crippen LogP contribution in [-0.2, 0) is 6.54 Å². The van der Waals surface area contributed by atoms with Gasteiger partial charge in [-0.15, -0.1) is 0 Å². The van der Waals surface area contributed by atoms with Gasteiger partial charge in [0.05, 0.1) is 17.2 Å². The maximum Gasteiger partial charge on any atom is 0.270 e. The van der Waals surface area contributed by atoms with Crippen molar-refractivity contribution in [3.63, 3.8) is 0 Å². The number of rotatable bonds is 6. The van der Waals surface area contributed by atoms with E-state index < -0.39 is 6.17 Å². The maximum absolute atomic E-state index is 12.9. The molecule has 1 saturated carbocycles. The summed E-state index contributed by atoms with van der Waals surface area (Å²) >= 11 is 0. The molecule has 172 valence electrons. The number of aromatic nitrogens is 3. The van der Waals surface area contributed by atoms with Gasteiger partial charge in [-0.3, -0.25) is 19.5 Å². The number of likely N-dealkylation sites (tertiary alicyclic amines) is 1. The Hall–Kier alpha value is -3.33. The molecule has 33 heavy (non-hydrogen) atoms. The first-order chi connectivity index (χ1) is 15.9. The molecular formula is C24H26FN5O3. The van der Waals surface area contributed by atoms with Gasteiger partial charge in [-0.1, -0.05) is 0 Å². The average Bonchev–Trinajstić information content (AvgIpc) is 2.78. The van der Waals surface area contributed by atoms with Gasteiger partial charge >= 0.3 is 0 Å². The number of fused-ring (bicyclic) bond motifs is 1. The molecule has 1 aliphatic heterocycles. The molecule has 0 aromatic carbocycles. The van der Waals surface area contributed by atoms with E-state index in [1.165, 1.54) is 0 Å². The number of hydrogen-bond acceptors (Lipinski definition) is 6. The van der Waals surface area contributed by atoms with Crippen molar-refractivity contribution in [2.45, 2.75) is 57.6 Å². The molecule has 2 N–H and O–H groups in total. The molecule has 2 aliphatic rings. The lowest BCUT2D eigenvalue weighted by atomic mass is 9.91. The van der Waals surface area contributed by atoms with Crippen LogP contribution in [0.2, 0.25) is 0 Å². The summed E-state index contributed by atoms with van der Waals surface area (Å²) in [5.41, 5.74) is 3.38. The summed E-state index contributed by atoms with van der Waals surface area (Å²) in [5, 5.41) is 2.78. The number of ether oxygens (including phenoxy) is 1. The Kier molecular flexibility index (Phi) is 5.57. The van der Waals surface area contributed by atoms with Crippen LogP contribution in [0.5, 0.6) is 5.75 Å². The fraction of sp³-hybridized carbons (Fsp3) is 0.417. The van der Waals surface area contributed by atoms with Crippen molar-refractivity contribution in [3.05, 3.63) is 63.8 Å². The fourth-order valence-electron chi connectivity index (χ4n) is 4.22. The highest BCUT2D eigenvalue weighted by atomic mass is 19.1. The summed E-state index contributed by atoms with van der Waals surface area (Å²) in [5.74, 6) is 0.318. The Bertz CT molecular complexity index is 1240. The van der Waals surface area contributed by atoms with Crippen molar-refractivity contribution in [2.75, 3.05) is 6.54 Å². The molecule has 1 saturated heterocycles. The lowest BCUT2D eigenvalue weighted by Gasteiger charge is -2.45. The molecule has 0 bridgehead atoms. The van der Waals surface area contributed by atoms with Crippen LogP contribution in [0.1, 0.15) is 41.4 Å². The molecule has 0 unspecified atom stereocenters. The predicted octanol–water partition coefficient (Wildman–Crippen LogP) is 2.51. The smallest absolute Gasteiger partial charge is 0.270 e. The second-order valence-corrected chi connectivity index (χ2v) is 9.00. The number of halogens is 1. The normalized spacial score (nSPS) is 24.7. The van der Waals surface area contributed by atoms with Crippen LogP contribution in [0.3, 0.4) is 0 Å². The quantitative estimate of drug-likeness (QED) is 0.597. The largest absolute Gasteiger partial charge is 0.486 e. The Morgan fingerprint density at radius 3 is 2.79 bits per heavy atom. The number of H-pyrrole nitrogens is 1. The first-order valence-electron chi connectivity index (χ1n) is 11.2. The van der Waals surface area contributed by atoms with Crippen LogP contribution in [0, 0.1) is 6.92 Å². The van der Waals surface area contributed by atoms with Crippen LogP contribution in [-0.4, -0.2) is 56.7 Å². The molecule has 3 aromatic rings. The molecule has 4 heterocycles. The number of hydrogen-bond donors (Lipinski definition) is 2. The molecule has 3 aromatic heterocycles. The van der Waals surface area contributed by atoms with E-state index >= 15 is 0 Å². The van der Waals surface area contributed by atoms with Crippen molar-refractivity contribution in [1.82, 2.24) is 25.2 Å². The molecule has 2 fully saturated rings. The van der Waals surface area contributed by atoms with Gasteiger partial charge in [-0.05, 0) is 56.5 Å². The monoisotopic (exact) mass is 451 g/mol. The minimum Gasteiger partial charge on any atom is -0.486 e. The second-order valence-electron chi connectivity index (χ2n) is 9.00. The third kappa shape index (κ3) is 4.45. The molecule has 5 rings (SSSR count). The highest BCUT2D eigenvalue weighted by molar-refractivity contribution is 5.92. The first kappa shape index (κ1) is 21.5. The second kappa shape index (κ2) is 8.55. The van der Waals surface area contributed by atoms with Crippen molar-refractivity contribution < 1.29 is 13.9 Å². The fourth-order valence-corrected chi connectivity index (χ4v) is 4.22. The van der Waals surface area contributed by atoms with Crippen LogP contribution < -0.4 is 15.6 Å². The summed E-state index contributed by atoms with van der Waals surface area (Å²) in [6.45, 7) is 5.32. The molecule has 0 radical (unpaired) electrons. The van der Waals surface area contributed by atoms with Crippen molar-refractivity contribution in [3.8, 4) is 5.75 Å². The molecular weight excluding hydrogens is 425 g/mol. The van der Waals surface area contributed by atoms with Crippen LogP contribution in [0.4, 0.5) is 4.39 Å². The number of carbonyl (C=O) groups is 1. The number of amides is 1. The predicted molar refractivity (Wildman–Crippen MR) is 121 cm³/mol. The topological polar surface area (TPSA) is 100 Å². The Morgan fingerprint density at radius 1 is 1.27 bits per heavy atom. The highest BCUT2D eigenvalue weighted by Gasteiger charge is 2.37. The average molecular weight is 452 g/mol. The summed E-state index contributed by atoms with van der Waals surface area (Å²) in [6.07, 6.45) is 3.33. The zero-order valence-corrected chi connectivity index (χ0v) is 18.5. The number of aromatic amines is 1. The zero-order chi connectivity index (χ0) is 23.1. The molecule has 9 heteroatoms. The number of nitrogens with zero attached hydrogens (tertiary/aromatic N) is 3. The highest BCUT2D eigenvalue weighted by Crippen LogP contribution is 2.26. The Labute approximate surface area is 190 Å². The van der Waals surface area contributed by atoms with Gasteiger partial charge in [0.1, 0.15) is 23.7 Å². The van der Waals surface area contributed by atoms with Gasteiger partial charge in [-0.2, -0.15) is 0 Å². The third-order valence-corrected chi connectivity index (χ3v) is 6.52. The van der Waals surface area contributed by atoms with E-state index in [2.05, 4.69) is 32.1 Å². The molecule has 0 spiro atoms. The number of carbonyl (C=O) groups excluding carboxylic acids is 1. The maximum atomic E-state index is 12.9. The first-order valence-corrected chi connectivity index (χ1v) is 11.2. The van der Waals surface area contributed by atoms with E-state index in [1.54, 1.807) is 31.3 Å². The SMILES string of the molecule is Cc1cc2ncc(CN3C[C@H](Oc4ccc(C(=O)NC5CC(F)C5)nc4)[C@H]3C)cc2[nH]c1=O. The van der Waals surface area contributed by atoms with Gasteiger partial charge in [0.25, 0.3) is 11.5 Å². The summed E-state index contributed by atoms with van der Waals surface area (Å²) in [6, 6.07) is 7.21. The van der Waals surface area contributed by atoms with Crippen LogP contribution in [0.25, 0.3) is 11.0 Å². The van der Waals surface area contributed by atoms with Gasteiger partial charge in [-0.25, -0.2) is 9.37 Å². The Balaban J connectivity index is 1.15. The van der Waals surface area contributed by atoms with Gasteiger partial charge in [0, 0.05) is 36.9 Å². The molecule has 8 nitrogen and oxygen atoms in total. The van der Waals surface area contributed by atoms with Gasteiger partial charge < -0.3 is 15.0 Å². The van der Waals surface area contributed by atoms with E-state index in [1.807, 2.05) is 12.3 Å². The van der Waals surface area contributed by atoms with E-state index in [0.29, 0.717) is 36.4 Å². The lowest BCUT2D eigenvalue weighted by Crippen LogP contribution is -2.60. The summed E-state index contributed by atoms with van der Waals surface area (Å²) in [7, 11) is 0. The minimum absolute atomic E-state index is 0.0128. The van der Waals surface area contributed by atoms with E-state index in [0.717, 1.165) is 23.1 Å². The van der Waals surface area contributed by atoms with Crippen molar-refractivity contribution >= 4 is 16.9 Å². The number of nitrogens with one attached hydrogen (secondary N) is 2. The van der Waals surface area contributed by atoms with Crippen LogP contribution in [0.15, 0.2) is 41.5 Å². The van der Waals surface area contributed by atoms with Gasteiger partial charge in [0.2, 0.25) is 0 Å². The van der Waals surface area contributed by atoms with Crippen molar-refractivity contribution in [1.29, 1.82) is 0 Å². The summed E-state index contributed by atoms with van der Waals surface area (Å²) < 4.78 is 18.9. The number of pyridine rings is 3. The number of aryl methyl sites for hydroxylation is 1. The Morgan fingerprint density at radius 2 is 2.09 bits per heavy atom. The van der Waals surface area contributed by atoms with E-state index in [9.17, 15) is 14.0 Å². The van der Waals surface area contributed by atoms with Crippen molar-refractivity contribution in [2.24, 2.45) is 0 Å². The summed E-state index contributed by atoms with van der Waals surface area (Å²) in [4.78, 5) is 37.9. The zero-order valence-electron chi connectivity index (χ0n) is 18.5. The van der Waals surface area contributed by atoms with E-state index in [4.69, 9.17) is 4.74 Å². The number of alkyl halides is 1. The molecule has 1 amide bonds. The van der Waals surface area contributed by atoms with Gasteiger partial charge in [0.15, 0.2) is 0 Å². The molecule has 2 atom stereocenters. The third-order valence-electron chi connectivity index (χ3n) is 6.52. The lowest BCUT2D eigenvalue weighted by molar-refractivity contribution is -0.0415. The minimum atomic E-state index is -0.811.